The van der Waals surface area contributed by atoms with Gasteiger partial charge in [0.1, 0.15) is 0 Å². The van der Waals surface area contributed by atoms with Gasteiger partial charge >= 0.3 is 0 Å². The molecule has 0 amide bonds. The van der Waals surface area contributed by atoms with E-state index in [0.29, 0.717) is 17.9 Å². The van der Waals surface area contributed by atoms with E-state index in [1.807, 2.05) is 0 Å². The minimum atomic E-state index is -0.120. The zero-order valence-electron chi connectivity index (χ0n) is 20.9. The SMILES string of the molecule is C[C@]12CC=C3C=C4CC[C@@H](N5CC(O)C5)CC45CC[C@]3(O5)[C@@H]1CC[C@@H]2c1ccc2ccccc2c1. The fraction of sp³-hybridized carbons (Fsp3) is 0.562. The molecule has 1 unspecified atom stereocenters. The van der Waals surface area contributed by atoms with Crippen molar-refractivity contribution in [3.8, 4) is 0 Å². The van der Waals surface area contributed by atoms with Crippen molar-refractivity contribution in [1.82, 2.24) is 4.90 Å². The van der Waals surface area contributed by atoms with Crippen molar-refractivity contribution in [2.45, 2.75) is 87.6 Å². The van der Waals surface area contributed by atoms with Gasteiger partial charge in [0.2, 0.25) is 0 Å². The average Bonchev–Trinajstić information content (AvgIpc) is 3.36. The summed E-state index contributed by atoms with van der Waals surface area (Å²) in [4.78, 5) is 2.51. The van der Waals surface area contributed by atoms with Gasteiger partial charge in [-0.3, -0.25) is 4.90 Å². The van der Waals surface area contributed by atoms with Crippen LogP contribution in [-0.4, -0.2) is 46.4 Å². The van der Waals surface area contributed by atoms with Gasteiger partial charge in [-0.25, -0.2) is 0 Å². The van der Waals surface area contributed by atoms with Crippen LogP contribution in [0.5, 0.6) is 0 Å². The molecule has 3 nitrogen and oxygen atoms in total. The van der Waals surface area contributed by atoms with Gasteiger partial charge in [-0.15, -0.1) is 0 Å². The van der Waals surface area contributed by atoms with Crippen molar-refractivity contribution in [2.75, 3.05) is 13.1 Å². The van der Waals surface area contributed by atoms with Gasteiger partial charge in [0.05, 0.1) is 17.3 Å². The Bertz CT molecular complexity index is 1270. The smallest absolute Gasteiger partial charge is 0.0974 e. The third-order valence-corrected chi connectivity index (χ3v) is 11.2. The van der Waals surface area contributed by atoms with Crippen LogP contribution in [0, 0.1) is 11.3 Å². The van der Waals surface area contributed by atoms with Crippen LogP contribution in [0.25, 0.3) is 10.8 Å². The molecule has 8 rings (SSSR count). The topological polar surface area (TPSA) is 32.7 Å². The lowest BCUT2D eigenvalue weighted by Gasteiger charge is -2.55. The summed E-state index contributed by atoms with van der Waals surface area (Å²) in [5.41, 5.74) is 4.72. The molecular formula is C32H37NO2. The van der Waals surface area contributed by atoms with Crippen molar-refractivity contribution >= 4 is 10.8 Å². The fourth-order valence-electron chi connectivity index (χ4n) is 9.45. The molecule has 1 N–H and O–H groups in total. The summed E-state index contributed by atoms with van der Waals surface area (Å²) < 4.78 is 7.46. The molecular weight excluding hydrogens is 430 g/mol. The van der Waals surface area contributed by atoms with Crippen molar-refractivity contribution < 1.29 is 9.84 Å². The number of aliphatic hydroxyl groups is 1. The normalized spacial score (nSPS) is 42.6. The number of hydrogen-bond donors (Lipinski definition) is 1. The minimum Gasteiger partial charge on any atom is -0.390 e. The van der Waals surface area contributed by atoms with Crippen LogP contribution in [0.4, 0.5) is 0 Å². The highest BCUT2D eigenvalue weighted by Gasteiger charge is 2.66. The van der Waals surface area contributed by atoms with Crippen LogP contribution in [0.15, 0.2) is 65.8 Å². The van der Waals surface area contributed by atoms with E-state index in [0.717, 1.165) is 25.9 Å². The standard InChI is InChI=1S/C32H37NO2/c1-30-13-12-25-17-24-8-9-26(33-19-27(34)20-33)18-31(24)14-15-32(25,35-31)29(30)11-10-28(30)23-7-6-21-4-2-3-5-22(21)16-23/h2-7,12,16-17,26-29,34H,8-11,13-15,18-20H2,1H3/t26-,28-,29-,30-,31?,32-/m1/s1. The lowest BCUT2D eigenvalue weighted by Crippen LogP contribution is -2.60. The highest BCUT2D eigenvalue weighted by molar-refractivity contribution is 5.83. The highest BCUT2D eigenvalue weighted by atomic mass is 16.5. The molecule has 3 heterocycles. The first-order valence-corrected chi connectivity index (χ1v) is 14.0. The van der Waals surface area contributed by atoms with E-state index in [2.05, 4.69) is 66.4 Å². The molecule has 4 fully saturated rings. The summed E-state index contributed by atoms with van der Waals surface area (Å²) in [6.45, 7) is 4.28. The van der Waals surface area contributed by atoms with Gasteiger partial charge in [0, 0.05) is 19.1 Å². The number of rotatable bonds is 2. The Morgan fingerprint density at radius 2 is 1.86 bits per heavy atom. The number of ether oxygens (including phenoxy) is 1. The monoisotopic (exact) mass is 467 g/mol. The van der Waals surface area contributed by atoms with Gasteiger partial charge in [-0.1, -0.05) is 61.5 Å². The molecule has 0 aromatic heterocycles. The second-order valence-corrected chi connectivity index (χ2v) is 12.8. The van der Waals surface area contributed by atoms with Gasteiger partial charge in [-0.05, 0) is 96.1 Å². The number of hydrogen-bond acceptors (Lipinski definition) is 3. The molecule has 3 heteroatoms. The largest absolute Gasteiger partial charge is 0.390 e. The predicted molar refractivity (Wildman–Crippen MR) is 139 cm³/mol. The van der Waals surface area contributed by atoms with Gasteiger partial charge in [0.25, 0.3) is 0 Å². The van der Waals surface area contributed by atoms with Gasteiger partial charge < -0.3 is 9.84 Å². The van der Waals surface area contributed by atoms with Crippen LogP contribution in [0.3, 0.4) is 0 Å². The quantitative estimate of drug-likeness (QED) is 0.577. The Labute approximate surface area is 208 Å². The van der Waals surface area contributed by atoms with E-state index < -0.39 is 0 Å². The fourth-order valence-corrected chi connectivity index (χ4v) is 9.45. The zero-order chi connectivity index (χ0) is 23.4. The maximum atomic E-state index is 9.88. The first kappa shape index (κ1) is 21.2. The number of benzene rings is 2. The molecule has 2 saturated heterocycles. The lowest BCUT2D eigenvalue weighted by molar-refractivity contribution is -0.147. The average molecular weight is 468 g/mol. The number of likely N-dealkylation sites (tertiary alicyclic amines) is 1. The molecule has 6 atom stereocenters. The summed E-state index contributed by atoms with van der Waals surface area (Å²) in [5, 5.41) is 12.6. The molecule has 3 aliphatic heterocycles. The first-order chi connectivity index (χ1) is 17.0. The molecule has 3 aliphatic carbocycles. The molecule has 0 radical (unpaired) electrons. The second kappa shape index (κ2) is 7.09. The van der Waals surface area contributed by atoms with Crippen molar-refractivity contribution in [2.24, 2.45) is 11.3 Å². The zero-order valence-corrected chi connectivity index (χ0v) is 20.9. The van der Waals surface area contributed by atoms with E-state index in [1.165, 1.54) is 60.4 Å². The molecule has 2 aromatic rings. The van der Waals surface area contributed by atoms with Crippen LogP contribution in [0.1, 0.15) is 69.8 Å². The van der Waals surface area contributed by atoms with Crippen LogP contribution in [-0.2, 0) is 4.74 Å². The highest BCUT2D eigenvalue weighted by Crippen LogP contribution is 2.69. The number of aliphatic hydroxyl groups excluding tert-OH is 1. The number of allylic oxidation sites excluding steroid dienone is 1. The van der Waals surface area contributed by atoms with Crippen LogP contribution in [0.2, 0.25) is 0 Å². The summed E-state index contributed by atoms with van der Waals surface area (Å²) in [5.74, 6) is 1.19. The molecule has 2 aromatic carbocycles. The summed E-state index contributed by atoms with van der Waals surface area (Å²) in [6.07, 6.45) is 14.6. The van der Waals surface area contributed by atoms with Crippen LogP contribution >= 0.6 is 0 Å². The summed E-state index contributed by atoms with van der Waals surface area (Å²) >= 11 is 0. The predicted octanol–water partition coefficient (Wildman–Crippen LogP) is 6.13. The van der Waals surface area contributed by atoms with Crippen molar-refractivity contribution in [3.05, 3.63) is 71.3 Å². The molecule has 2 saturated carbocycles. The minimum absolute atomic E-state index is 0.0555. The Morgan fingerprint density at radius 3 is 2.71 bits per heavy atom. The molecule has 6 aliphatic rings. The number of β-amino-alcohol motifs (C(OH)–C–C–N with tert-alkyl or cyclic N) is 1. The molecule has 182 valence electrons. The van der Waals surface area contributed by atoms with Gasteiger partial charge in [0.15, 0.2) is 0 Å². The third-order valence-electron chi connectivity index (χ3n) is 11.2. The van der Waals surface area contributed by atoms with E-state index in [9.17, 15) is 5.11 Å². The first-order valence-electron chi connectivity index (χ1n) is 14.0. The third kappa shape index (κ3) is 2.78. The number of nitrogens with zero attached hydrogens (tertiary/aromatic N) is 1. The summed E-state index contributed by atoms with van der Waals surface area (Å²) in [7, 11) is 0. The number of fused-ring (bicyclic) bond motifs is 2. The second-order valence-electron chi connectivity index (χ2n) is 12.8. The van der Waals surface area contributed by atoms with Crippen molar-refractivity contribution in [1.29, 1.82) is 0 Å². The Balaban J connectivity index is 1.14. The van der Waals surface area contributed by atoms with E-state index >= 15 is 0 Å². The Morgan fingerprint density at radius 1 is 1.00 bits per heavy atom. The maximum absolute atomic E-state index is 9.88. The molecule has 2 bridgehead atoms. The van der Waals surface area contributed by atoms with E-state index in [1.54, 1.807) is 5.57 Å². The van der Waals surface area contributed by atoms with E-state index in [4.69, 9.17) is 4.74 Å². The van der Waals surface area contributed by atoms with Crippen molar-refractivity contribution in [3.63, 3.8) is 0 Å². The Hall–Kier alpha value is -1.94. The molecule has 2 spiro atoms. The van der Waals surface area contributed by atoms with Gasteiger partial charge in [-0.2, -0.15) is 0 Å². The molecule has 35 heavy (non-hydrogen) atoms. The van der Waals surface area contributed by atoms with E-state index in [-0.39, 0.29) is 22.7 Å². The van der Waals surface area contributed by atoms with Crippen LogP contribution < -0.4 is 0 Å². The Kier molecular flexibility index (Phi) is 4.29. The maximum Gasteiger partial charge on any atom is 0.0974 e. The summed E-state index contributed by atoms with van der Waals surface area (Å²) in [6, 6.07) is 16.6. The lowest BCUT2D eigenvalue weighted by atomic mass is 9.58.